The molecule has 10 heteroatoms. The van der Waals surface area contributed by atoms with Gasteiger partial charge in [-0.2, -0.15) is 18.3 Å². The first-order valence-corrected chi connectivity index (χ1v) is 8.44. The molecule has 2 aliphatic heterocycles. The molecule has 2 aliphatic rings. The zero-order valence-corrected chi connectivity index (χ0v) is 14.9. The van der Waals surface area contributed by atoms with Gasteiger partial charge in [-0.25, -0.2) is 9.30 Å². The van der Waals surface area contributed by atoms with E-state index in [0.717, 1.165) is 16.3 Å². The smallest absolute Gasteiger partial charge is 0.295 e. The van der Waals surface area contributed by atoms with Crippen LogP contribution in [-0.2, 0) is 0 Å². The number of hydrogen-bond acceptors (Lipinski definition) is 6. The Kier molecular flexibility index (Phi) is 4.99. The Bertz CT molecular complexity index is 719. The van der Waals surface area contributed by atoms with Crippen LogP contribution in [-0.4, -0.2) is 53.3 Å². The van der Waals surface area contributed by atoms with Crippen LogP contribution < -0.4 is 0 Å². The van der Waals surface area contributed by atoms with Crippen molar-refractivity contribution >= 4 is 36.2 Å². The Morgan fingerprint density at radius 2 is 1.92 bits per heavy atom. The van der Waals surface area contributed by atoms with Crippen molar-refractivity contribution in [1.82, 2.24) is 14.2 Å². The van der Waals surface area contributed by atoms with E-state index in [1.165, 1.54) is 31.3 Å². The summed E-state index contributed by atoms with van der Waals surface area (Å²) in [4.78, 5) is 5.96. The lowest BCUT2D eigenvalue weighted by molar-refractivity contribution is -0.169. The maximum atomic E-state index is 13.6. The summed E-state index contributed by atoms with van der Waals surface area (Å²) in [6.45, 7) is 0. The number of hydrazone groups is 1. The molecule has 3 rings (SSSR count). The molecular formula is C15H15ClF3N5S. The minimum Gasteiger partial charge on any atom is -0.295 e. The summed E-state index contributed by atoms with van der Waals surface area (Å²) in [7, 11) is 3.18. The maximum Gasteiger partial charge on any atom is 0.408 e. The average Bonchev–Trinajstić information content (AvgIpc) is 2.89. The van der Waals surface area contributed by atoms with E-state index in [9.17, 15) is 13.2 Å². The molecule has 5 nitrogen and oxygen atoms in total. The van der Waals surface area contributed by atoms with Crippen LogP contribution in [0, 0.1) is 0 Å². The van der Waals surface area contributed by atoms with E-state index < -0.39 is 12.2 Å². The van der Waals surface area contributed by atoms with Crippen molar-refractivity contribution in [3.8, 4) is 0 Å². The zero-order chi connectivity index (χ0) is 18.2. The highest BCUT2D eigenvalue weighted by molar-refractivity contribution is 8.00. The third-order valence-electron chi connectivity index (χ3n) is 3.76. The average molecular weight is 390 g/mol. The molecule has 0 radical (unpaired) electrons. The van der Waals surface area contributed by atoms with E-state index in [1.807, 2.05) is 0 Å². The molecule has 0 bridgehead atoms. The Labute approximate surface area is 152 Å². The van der Waals surface area contributed by atoms with Gasteiger partial charge in [-0.3, -0.25) is 9.91 Å². The van der Waals surface area contributed by atoms with Gasteiger partial charge in [0, 0.05) is 12.1 Å². The highest BCUT2D eigenvalue weighted by atomic mass is 35.5. The number of likely N-dealkylation sites (N-methyl/N-ethyl adjacent to an activating group) is 1. The monoisotopic (exact) mass is 389 g/mol. The van der Waals surface area contributed by atoms with Crippen molar-refractivity contribution in [1.29, 1.82) is 0 Å². The number of fused-ring (bicyclic) bond motifs is 1. The molecule has 0 aromatic heterocycles. The summed E-state index contributed by atoms with van der Waals surface area (Å²) in [6.07, 6.45) is 0.325. The normalized spacial score (nSPS) is 20.9. The Morgan fingerprint density at radius 3 is 2.56 bits per heavy atom. The lowest BCUT2D eigenvalue weighted by atomic mass is 10.1. The highest BCUT2D eigenvalue weighted by Gasteiger charge is 2.44. The van der Waals surface area contributed by atoms with E-state index >= 15 is 0 Å². The van der Waals surface area contributed by atoms with E-state index in [-0.39, 0.29) is 11.7 Å². The quantitative estimate of drug-likeness (QED) is 0.731. The topological polar surface area (TPSA) is 34.4 Å². The van der Waals surface area contributed by atoms with Gasteiger partial charge >= 0.3 is 6.18 Å². The highest BCUT2D eigenvalue weighted by Crippen LogP contribution is 2.42. The molecule has 0 saturated carbocycles. The third kappa shape index (κ3) is 3.94. The van der Waals surface area contributed by atoms with Crippen LogP contribution in [0.2, 0.25) is 5.02 Å². The first kappa shape index (κ1) is 18.1. The summed E-state index contributed by atoms with van der Waals surface area (Å²) < 4.78 is 42.0. The minimum absolute atomic E-state index is 0.121. The van der Waals surface area contributed by atoms with Crippen molar-refractivity contribution < 1.29 is 13.2 Å². The van der Waals surface area contributed by atoms with Crippen molar-refractivity contribution in [2.75, 3.05) is 14.1 Å². The summed E-state index contributed by atoms with van der Waals surface area (Å²) in [5.41, 5.74) is 0.121. The molecule has 0 amide bonds. The van der Waals surface area contributed by atoms with E-state index in [4.69, 9.17) is 11.6 Å². The minimum atomic E-state index is -4.44. The van der Waals surface area contributed by atoms with E-state index in [2.05, 4.69) is 10.1 Å². The number of hydrogen-bond donors (Lipinski definition) is 0. The molecule has 0 spiro atoms. The number of halogens is 4. The predicted molar refractivity (Wildman–Crippen MR) is 94.1 cm³/mol. The molecule has 2 atom stereocenters. The van der Waals surface area contributed by atoms with Gasteiger partial charge in [-0.1, -0.05) is 23.7 Å². The molecule has 0 aliphatic carbocycles. The first-order valence-electron chi connectivity index (χ1n) is 7.29. The van der Waals surface area contributed by atoms with Crippen LogP contribution in [0.1, 0.15) is 11.6 Å². The Balaban J connectivity index is 1.79. The molecule has 0 saturated heterocycles. The summed E-state index contributed by atoms with van der Waals surface area (Å²) in [5, 5.41) is 6.68. The Morgan fingerprint density at radius 1 is 1.24 bits per heavy atom. The molecule has 134 valence electrons. The molecule has 2 heterocycles. The predicted octanol–water partition coefficient (Wildman–Crippen LogP) is 3.92. The maximum absolute atomic E-state index is 13.6. The fourth-order valence-corrected chi connectivity index (χ4v) is 3.61. The van der Waals surface area contributed by atoms with Crippen molar-refractivity contribution in [3.63, 3.8) is 0 Å². The molecule has 0 N–H and O–H groups in total. The summed E-state index contributed by atoms with van der Waals surface area (Å²) in [6, 6.07) is 3.90. The first-order chi connectivity index (χ1) is 11.8. The second kappa shape index (κ2) is 6.89. The molecule has 25 heavy (non-hydrogen) atoms. The lowest BCUT2D eigenvalue weighted by Crippen LogP contribution is -2.37. The van der Waals surface area contributed by atoms with Crippen LogP contribution in [0.4, 0.5) is 13.2 Å². The van der Waals surface area contributed by atoms with Gasteiger partial charge in [0.2, 0.25) is 0 Å². The number of rotatable bonds is 4. The SMILES string of the molecule is CN1N=CN2C=NC(SN(C)[C@H](c3ccc(Cl)cc3)C(F)(F)F)=CC21. The standard InChI is InChI=1S/C15H15ClF3N5S/c1-22-13-7-12(20-8-24(13)9-21-22)25-23(2)14(15(17,18)19)10-3-5-11(16)6-4-10/h3-9,13-14H,1-2H3/t13?,14-/m1/s1. The molecule has 1 aromatic carbocycles. The van der Waals surface area contributed by atoms with Crippen LogP contribution in [0.3, 0.4) is 0 Å². The van der Waals surface area contributed by atoms with Crippen molar-refractivity contribution in [2.45, 2.75) is 18.4 Å². The van der Waals surface area contributed by atoms with Gasteiger partial charge in [0.25, 0.3) is 0 Å². The third-order valence-corrected chi connectivity index (χ3v) is 4.94. The van der Waals surface area contributed by atoms with Crippen LogP contribution in [0.5, 0.6) is 0 Å². The van der Waals surface area contributed by atoms with Gasteiger partial charge in [-0.15, -0.1) is 0 Å². The van der Waals surface area contributed by atoms with Gasteiger partial charge in [-0.05, 0) is 42.8 Å². The number of aliphatic imine (C=N–C) groups is 1. The van der Waals surface area contributed by atoms with Crippen molar-refractivity contribution in [2.24, 2.45) is 10.1 Å². The fourth-order valence-electron chi connectivity index (χ4n) is 2.56. The molecule has 0 fully saturated rings. The van der Waals surface area contributed by atoms with Crippen LogP contribution >= 0.6 is 23.5 Å². The van der Waals surface area contributed by atoms with Gasteiger partial charge in [0.15, 0.2) is 0 Å². The summed E-state index contributed by atoms with van der Waals surface area (Å²) >= 11 is 6.72. The van der Waals surface area contributed by atoms with Gasteiger partial charge < -0.3 is 0 Å². The van der Waals surface area contributed by atoms with Gasteiger partial charge in [0.05, 0.1) is 6.34 Å². The Hall–Kier alpha value is -1.71. The summed E-state index contributed by atoms with van der Waals surface area (Å²) in [5.74, 6) is 0. The number of alkyl halides is 3. The van der Waals surface area contributed by atoms with Crippen molar-refractivity contribution in [3.05, 3.63) is 46.0 Å². The van der Waals surface area contributed by atoms with Gasteiger partial charge in [0.1, 0.15) is 23.6 Å². The number of benzene rings is 1. The van der Waals surface area contributed by atoms with Crippen LogP contribution in [0.15, 0.2) is 45.5 Å². The van der Waals surface area contributed by atoms with E-state index in [1.54, 1.807) is 35.7 Å². The zero-order valence-electron chi connectivity index (χ0n) is 13.4. The lowest BCUT2D eigenvalue weighted by Gasteiger charge is -2.31. The molecule has 1 aromatic rings. The second-order valence-electron chi connectivity index (χ2n) is 5.55. The fraction of sp³-hybridized carbons (Fsp3) is 0.333. The largest absolute Gasteiger partial charge is 0.408 e. The number of nitrogens with zero attached hydrogens (tertiary/aromatic N) is 5. The molecular weight excluding hydrogens is 375 g/mol. The van der Waals surface area contributed by atoms with Crippen LogP contribution in [0.25, 0.3) is 0 Å². The molecule has 1 unspecified atom stereocenters. The van der Waals surface area contributed by atoms with E-state index in [0.29, 0.717) is 10.1 Å². The second-order valence-corrected chi connectivity index (χ2v) is 7.16.